The Morgan fingerprint density at radius 1 is 1.53 bits per heavy atom. The average molecular weight is 251 g/mol. The average Bonchev–Trinajstić information content (AvgIpc) is 2.92. The standard InChI is InChI=1S/C11H11ClN4O/c1-11(2-3-11)16-5-7(4-15-17)8-9(12)13-6-14-10(8)16/h4-6,17H,2-3H2,1H3. The van der Waals surface area contributed by atoms with Crippen LogP contribution in [0, 0.1) is 0 Å². The van der Waals surface area contributed by atoms with E-state index >= 15 is 0 Å². The minimum absolute atomic E-state index is 0.109. The predicted molar refractivity (Wildman–Crippen MR) is 64.8 cm³/mol. The van der Waals surface area contributed by atoms with Crippen molar-refractivity contribution in [1.82, 2.24) is 14.5 Å². The van der Waals surface area contributed by atoms with E-state index in [1.165, 1.54) is 12.5 Å². The molecule has 6 heteroatoms. The van der Waals surface area contributed by atoms with Gasteiger partial charge in [-0.15, -0.1) is 0 Å². The molecule has 88 valence electrons. The molecule has 0 bridgehead atoms. The van der Waals surface area contributed by atoms with E-state index in [0.29, 0.717) is 5.15 Å². The monoisotopic (exact) mass is 250 g/mol. The number of hydrogen-bond acceptors (Lipinski definition) is 4. The molecule has 1 saturated carbocycles. The van der Waals surface area contributed by atoms with Crippen molar-refractivity contribution in [1.29, 1.82) is 0 Å². The molecule has 1 aliphatic carbocycles. The summed E-state index contributed by atoms with van der Waals surface area (Å²) in [5.41, 5.74) is 1.64. The normalized spacial score (nSPS) is 18.0. The minimum Gasteiger partial charge on any atom is -0.411 e. The third-order valence-electron chi connectivity index (χ3n) is 3.32. The molecule has 0 saturated heterocycles. The zero-order valence-electron chi connectivity index (χ0n) is 9.26. The topological polar surface area (TPSA) is 63.3 Å². The predicted octanol–water partition coefficient (Wildman–Crippen LogP) is 2.40. The van der Waals surface area contributed by atoms with E-state index in [9.17, 15) is 0 Å². The van der Waals surface area contributed by atoms with E-state index in [2.05, 4.69) is 26.6 Å². The van der Waals surface area contributed by atoms with Crippen molar-refractivity contribution in [3.63, 3.8) is 0 Å². The van der Waals surface area contributed by atoms with Crippen LogP contribution in [-0.4, -0.2) is 26.0 Å². The molecule has 1 fully saturated rings. The van der Waals surface area contributed by atoms with Crippen LogP contribution >= 0.6 is 11.6 Å². The molecule has 0 aromatic carbocycles. The van der Waals surface area contributed by atoms with Gasteiger partial charge < -0.3 is 9.77 Å². The van der Waals surface area contributed by atoms with Crippen LogP contribution in [0.5, 0.6) is 0 Å². The zero-order valence-corrected chi connectivity index (χ0v) is 10.0. The first-order valence-corrected chi connectivity index (χ1v) is 5.73. The fourth-order valence-electron chi connectivity index (χ4n) is 2.04. The summed E-state index contributed by atoms with van der Waals surface area (Å²) in [7, 11) is 0. The van der Waals surface area contributed by atoms with Gasteiger partial charge in [-0.3, -0.25) is 0 Å². The van der Waals surface area contributed by atoms with Crippen LogP contribution in [0.25, 0.3) is 11.0 Å². The fraction of sp³-hybridized carbons (Fsp3) is 0.364. The molecule has 2 heterocycles. The van der Waals surface area contributed by atoms with Gasteiger partial charge in [0.15, 0.2) is 0 Å². The lowest BCUT2D eigenvalue weighted by molar-refractivity contribution is 0.322. The third kappa shape index (κ3) is 1.50. The Labute approximate surface area is 103 Å². The van der Waals surface area contributed by atoms with Crippen molar-refractivity contribution < 1.29 is 5.21 Å². The van der Waals surface area contributed by atoms with Gasteiger partial charge in [0, 0.05) is 17.3 Å². The summed E-state index contributed by atoms with van der Waals surface area (Å²) in [5, 5.41) is 12.9. The summed E-state index contributed by atoms with van der Waals surface area (Å²) in [4.78, 5) is 8.24. The van der Waals surface area contributed by atoms with Gasteiger partial charge in [-0.25, -0.2) is 9.97 Å². The summed E-state index contributed by atoms with van der Waals surface area (Å²) in [6.07, 6.45) is 6.97. The molecule has 17 heavy (non-hydrogen) atoms. The van der Waals surface area contributed by atoms with Gasteiger partial charge in [0.05, 0.1) is 11.6 Å². The SMILES string of the molecule is CC1(n2cc(C=NO)c3c(Cl)ncnc32)CC1. The molecule has 0 atom stereocenters. The highest BCUT2D eigenvalue weighted by atomic mass is 35.5. The smallest absolute Gasteiger partial charge is 0.146 e. The summed E-state index contributed by atoms with van der Waals surface area (Å²) < 4.78 is 2.09. The number of oxime groups is 1. The van der Waals surface area contributed by atoms with E-state index in [1.807, 2.05) is 6.20 Å². The van der Waals surface area contributed by atoms with E-state index in [1.54, 1.807) is 0 Å². The summed E-state index contributed by atoms with van der Waals surface area (Å²) >= 11 is 6.07. The van der Waals surface area contributed by atoms with Crippen LogP contribution < -0.4 is 0 Å². The maximum absolute atomic E-state index is 8.67. The van der Waals surface area contributed by atoms with Gasteiger partial charge >= 0.3 is 0 Å². The first kappa shape index (κ1) is 10.5. The number of aromatic nitrogens is 3. The lowest BCUT2D eigenvalue weighted by Crippen LogP contribution is -2.11. The maximum Gasteiger partial charge on any atom is 0.146 e. The second-order valence-corrected chi connectivity index (χ2v) is 4.92. The van der Waals surface area contributed by atoms with Crippen LogP contribution in [0.15, 0.2) is 17.7 Å². The Kier molecular flexibility index (Phi) is 2.13. The van der Waals surface area contributed by atoms with E-state index in [4.69, 9.17) is 16.8 Å². The number of fused-ring (bicyclic) bond motifs is 1. The molecule has 0 radical (unpaired) electrons. The molecule has 0 aliphatic heterocycles. The molecule has 2 aromatic heterocycles. The molecule has 3 rings (SSSR count). The van der Waals surface area contributed by atoms with E-state index in [-0.39, 0.29) is 5.54 Å². The lowest BCUT2D eigenvalue weighted by atomic mass is 10.3. The molecule has 2 aromatic rings. The van der Waals surface area contributed by atoms with Crippen molar-refractivity contribution in [3.8, 4) is 0 Å². The fourth-order valence-corrected chi connectivity index (χ4v) is 2.28. The third-order valence-corrected chi connectivity index (χ3v) is 3.60. The van der Waals surface area contributed by atoms with Gasteiger partial charge in [-0.1, -0.05) is 16.8 Å². The maximum atomic E-state index is 8.67. The number of halogens is 1. The van der Waals surface area contributed by atoms with Crippen molar-refractivity contribution in [2.24, 2.45) is 5.16 Å². The lowest BCUT2D eigenvalue weighted by Gasteiger charge is -2.11. The molecule has 5 nitrogen and oxygen atoms in total. The van der Waals surface area contributed by atoms with Crippen molar-refractivity contribution >= 4 is 28.8 Å². The Morgan fingerprint density at radius 2 is 2.29 bits per heavy atom. The molecular weight excluding hydrogens is 240 g/mol. The second kappa shape index (κ2) is 3.43. The summed E-state index contributed by atoms with van der Waals surface area (Å²) in [6.45, 7) is 2.17. The first-order valence-electron chi connectivity index (χ1n) is 5.35. The highest BCUT2D eigenvalue weighted by Gasteiger charge is 2.40. The van der Waals surface area contributed by atoms with E-state index in [0.717, 1.165) is 29.4 Å². The largest absolute Gasteiger partial charge is 0.411 e. The van der Waals surface area contributed by atoms with Crippen LogP contribution in [0.1, 0.15) is 25.3 Å². The Morgan fingerprint density at radius 3 is 2.94 bits per heavy atom. The number of rotatable bonds is 2. The number of nitrogens with zero attached hydrogens (tertiary/aromatic N) is 4. The molecule has 1 aliphatic rings. The minimum atomic E-state index is 0.109. The Balaban J connectivity index is 2.34. The van der Waals surface area contributed by atoms with Crippen molar-refractivity contribution in [3.05, 3.63) is 23.2 Å². The zero-order chi connectivity index (χ0) is 12.0. The molecular formula is C11H11ClN4O. The molecule has 0 spiro atoms. The van der Waals surface area contributed by atoms with Gasteiger partial charge in [-0.2, -0.15) is 0 Å². The Bertz CT molecular complexity index is 615. The highest BCUT2D eigenvalue weighted by molar-refractivity contribution is 6.35. The quantitative estimate of drug-likeness (QED) is 0.385. The van der Waals surface area contributed by atoms with E-state index < -0.39 is 0 Å². The van der Waals surface area contributed by atoms with Crippen LogP contribution in [-0.2, 0) is 5.54 Å². The van der Waals surface area contributed by atoms with Gasteiger partial charge in [0.1, 0.15) is 17.1 Å². The highest BCUT2D eigenvalue weighted by Crippen LogP contribution is 2.45. The van der Waals surface area contributed by atoms with Crippen LogP contribution in [0.3, 0.4) is 0 Å². The van der Waals surface area contributed by atoms with Crippen molar-refractivity contribution in [2.45, 2.75) is 25.3 Å². The molecule has 0 unspecified atom stereocenters. The summed E-state index contributed by atoms with van der Waals surface area (Å²) in [5.74, 6) is 0. The van der Waals surface area contributed by atoms with Gasteiger partial charge in [0.2, 0.25) is 0 Å². The van der Waals surface area contributed by atoms with Gasteiger partial charge in [0.25, 0.3) is 0 Å². The number of hydrogen-bond donors (Lipinski definition) is 1. The Hall–Kier alpha value is -1.62. The van der Waals surface area contributed by atoms with Gasteiger partial charge in [-0.05, 0) is 19.8 Å². The van der Waals surface area contributed by atoms with Crippen molar-refractivity contribution in [2.75, 3.05) is 0 Å². The first-order chi connectivity index (χ1) is 8.15. The van der Waals surface area contributed by atoms with Crippen LogP contribution in [0.4, 0.5) is 0 Å². The second-order valence-electron chi connectivity index (χ2n) is 4.56. The molecule has 0 amide bonds. The summed E-state index contributed by atoms with van der Waals surface area (Å²) in [6, 6.07) is 0. The van der Waals surface area contributed by atoms with Crippen LogP contribution in [0.2, 0.25) is 5.15 Å². The molecule has 1 N–H and O–H groups in total.